The number of urea groups is 1. The topological polar surface area (TPSA) is 112 Å². The summed E-state index contributed by atoms with van der Waals surface area (Å²) in [5, 5.41) is 16.0. The van der Waals surface area contributed by atoms with Crippen molar-refractivity contribution in [2.75, 3.05) is 20.1 Å². The number of carboxylic acids is 1. The van der Waals surface area contributed by atoms with E-state index in [-0.39, 0.29) is 18.1 Å². The van der Waals surface area contributed by atoms with Gasteiger partial charge in [-0.3, -0.25) is 4.79 Å². The highest BCUT2D eigenvalue weighted by Crippen LogP contribution is 2.18. The molecule has 1 unspecified atom stereocenters. The van der Waals surface area contributed by atoms with Crippen molar-refractivity contribution in [2.24, 2.45) is 0 Å². The van der Waals surface area contributed by atoms with Crippen LogP contribution in [0.2, 0.25) is 0 Å². The van der Waals surface area contributed by atoms with Crippen LogP contribution >= 0.6 is 11.3 Å². The van der Waals surface area contributed by atoms with Gasteiger partial charge in [0, 0.05) is 19.0 Å². The summed E-state index contributed by atoms with van der Waals surface area (Å²) < 4.78 is 0. The number of carbonyl (C=O) groups is 3. The number of thiazole rings is 1. The number of hydrogen-bond acceptors (Lipinski definition) is 5. The van der Waals surface area contributed by atoms with E-state index in [4.69, 9.17) is 5.11 Å². The fraction of sp³-hybridized carbons (Fsp3) is 0.500. The Hall–Kier alpha value is -2.16. The molecule has 0 saturated heterocycles. The highest BCUT2D eigenvalue weighted by Gasteiger charge is 2.18. The number of aromatic carboxylic acids is 1. The Morgan fingerprint density at radius 3 is 2.67 bits per heavy atom. The number of amides is 3. The number of carbonyl (C=O) groups excluding carboxylic acids is 2. The largest absolute Gasteiger partial charge is 0.476 e. The van der Waals surface area contributed by atoms with E-state index < -0.39 is 18.0 Å². The van der Waals surface area contributed by atoms with E-state index in [9.17, 15) is 14.4 Å². The van der Waals surface area contributed by atoms with Crippen molar-refractivity contribution < 1.29 is 19.5 Å². The average molecular weight is 314 g/mol. The molecular weight excluding hydrogens is 296 g/mol. The number of likely N-dealkylation sites (N-methyl/N-ethyl adjacent to an activating group) is 2. The summed E-state index contributed by atoms with van der Waals surface area (Å²) in [6.07, 6.45) is 0. The van der Waals surface area contributed by atoms with Gasteiger partial charge in [0.05, 0.1) is 6.04 Å². The predicted octanol–water partition coefficient (Wildman–Crippen LogP) is 0.680. The molecule has 1 rings (SSSR count). The molecule has 0 aromatic carbocycles. The van der Waals surface area contributed by atoms with Crippen molar-refractivity contribution in [2.45, 2.75) is 19.9 Å². The third kappa shape index (κ3) is 5.03. The number of nitrogens with one attached hydrogen (secondary N) is 2. The monoisotopic (exact) mass is 314 g/mol. The number of aromatic nitrogens is 1. The Bertz CT molecular complexity index is 531. The maximum atomic E-state index is 11.9. The fourth-order valence-electron chi connectivity index (χ4n) is 1.48. The van der Waals surface area contributed by atoms with Gasteiger partial charge < -0.3 is 20.6 Å². The Morgan fingerprint density at radius 2 is 2.14 bits per heavy atom. The molecule has 1 aromatic rings. The smallest absolute Gasteiger partial charge is 0.355 e. The molecular formula is C12H18N4O4S. The lowest BCUT2D eigenvalue weighted by Crippen LogP contribution is -2.43. The first-order valence-electron chi connectivity index (χ1n) is 6.32. The SMILES string of the molecule is CCNC(=O)CN(C)C(=O)NC(C)c1nc(C(=O)O)cs1. The van der Waals surface area contributed by atoms with Crippen LogP contribution in [0, 0.1) is 0 Å². The molecule has 3 N–H and O–H groups in total. The van der Waals surface area contributed by atoms with Gasteiger partial charge in [-0.1, -0.05) is 0 Å². The fourth-order valence-corrected chi connectivity index (χ4v) is 2.28. The van der Waals surface area contributed by atoms with Gasteiger partial charge in [-0.2, -0.15) is 0 Å². The third-order valence-corrected chi connectivity index (χ3v) is 3.58. The van der Waals surface area contributed by atoms with Gasteiger partial charge in [0.25, 0.3) is 0 Å². The minimum atomic E-state index is -1.11. The average Bonchev–Trinajstić information content (AvgIpc) is 2.88. The summed E-state index contributed by atoms with van der Waals surface area (Å²) in [7, 11) is 1.50. The Morgan fingerprint density at radius 1 is 1.48 bits per heavy atom. The van der Waals surface area contributed by atoms with Crippen molar-refractivity contribution in [1.82, 2.24) is 20.5 Å². The van der Waals surface area contributed by atoms with Crippen LogP contribution in [0.25, 0.3) is 0 Å². The van der Waals surface area contributed by atoms with Gasteiger partial charge in [0.15, 0.2) is 5.69 Å². The van der Waals surface area contributed by atoms with E-state index in [2.05, 4.69) is 15.6 Å². The second-order valence-electron chi connectivity index (χ2n) is 4.36. The van der Waals surface area contributed by atoms with Crippen LogP contribution in [-0.2, 0) is 4.79 Å². The summed E-state index contributed by atoms with van der Waals surface area (Å²) in [5.74, 6) is -1.35. The number of hydrogen-bond donors (Lipinski definition) is 3. The molecule has 0 radical (unpaired) electrons. The quantitative estimate of drug-likeness (QED) is 0.715. The summed E-state index contributed by atoms with van der Waals surface area (Å²) >= 11 is 1.16. The Balaban J connectivity index is 2.56. The zero-order valence-electron chi connectivity index (χ0n) is 12.0. The standard InChI is InChI=1S/C12H18N4O4S/c1-4-13-9(17)5-16(3)12(20)14-7(2)10-15-8(6-21-10)11(18)19/h6-7H,4-5H2,1-3H3,(H,13,17)(H,14,20)(H,18,19). The zero-order chi connectivity index (χ0) is 16.0. The van der Waals surface area contributed by atoms with E-state index >= 15 is 0 Å². The van der Waals surface area contributed by atoms with Crippen LogP contribution in [-0.4, -0.2) is 53.0 Å². The first-order chi connectivity index (χ1) is 9.85. The van der Waals surface area contributed by atoms with Crippen LogP contribution in [0.4, 0.5) is 4.79 Å². The molecule has 0 aliphatic rings. The van der Waals surface area contributed by atoms with Gasteiger partial charge in [0.1, 0.15) is 11.6 Å². The van der Waals surface area contributed by atoms with Crippen LogP contribution in [0.3, 0.4) is 0 Å². The van der Waals surface area contributed by atoms with Gasteiger partial charge in [-0.05, 0) is 13.8 Å². The van der Waals surface area contributed by atoms with Crippen LogP contribution in [0.5, 0.6) is 0 Å². The van der Waals surface area contributed by atoms with Crippen molar-refractivity contribution >= 4 is 29.2 Å². The molecule has 3 amide bonds. The first kappa shape index (κ1) is 16.9. The third-order valence-electron chi connectivity index (χ3n) is 2.55. The minimum absolute atomic E-state index is 0.0493. The summed E-state index contributed by atoms with van der Waals surface area (Å²) in [4.78, 5) is 39.2. The van der Waals surface area contributed by atoms with Gasteiger partial charge >= 0.3 is 12.0 Å². The van der Waals surface area contributed by atoms with E-state index in [1.807, 2.05) is 0 Å². The molecule has 9 heteroatoms. The molecule has 1 aromatic heterocycles. The molecule has 0 bridgehead atoms. The number of nitrogens with zero attached hydrogens (tertiary/aromatic N) is 2. The van der Waals surface area contributed by atoms with Crippen LogP contribution in [0.1, 0.15) is 35.4 Å². The molecule has 0 aliphatic heterocycles. The van der Waals surface area contributed by atoms with Crippen molar-refractivity contribution in [3.05, 3.63) is 16.1 Å². The Labute approximate surface area is 126 Å². The molecule has 0 aliphatic carbocycles. The zero-order valence-corrected chi connectivity index (χ0v) is 12.9. The maximum absolute atomic E-state index is 11.9. The predicted molar refractivity (Wildman–Crippen MR) is 77.3 cm³/mol. The molecule has 8 nitrogen and oxygen atoms in total. The van der Waals surface area contributed by atoms with Crippen molar-refractivity contribution in [3.8, 4) is 0 Å². The first-order valence-corrected chi connectivity index (χ1v) is 7.20. The highest BCUT2D eigenvalue weighted by molar-refractivity contribution is 7.09. The summed E-state index contributed by atoms with van der Waals surface area (Å²) in [6, 6.07) is -0.867. The van der Waals surface area contributed by atoms with E-state index in [0.717, 1.165) is 11.3 Å². The number of rotatable bonds is 6. The van der Waals surface area contributed by atoms with Gasteiger partial charge in [-0.25, -0.2) is 14.6 Å². The molecule has 1 atom stereocenters. The summed E-state index contributed by atoms with van der Waals surface area (Å²) in [6.45, 7) is 3.94. The van der Waals surface area contributed by atoms with E-state index in [0.29, 0.717) is 11.6 Å². The Kier molecular flexibility index (Phi) is 6.10. The lowest BCUT2D eigenvalue weighted by Gasteiger charge is -2.19. The van der Waals surface area contributed by atoms with Crippen LogP contribution in [0.15, 0.2) is 5.38 Å². The second-order valence-corrected chi connectivity index (χ2v) is 5.25. The van der Waals surface area contributed by atoms with Crippen molar-refractivity contribution in [3.63, 3.8) is 0 Å². The maximum Gasteiger partial charge on any atom is 0.355 e. The normalized spacial score (nSPS) is 11.6. The molecule has 1 heterocycles. The lowest BCUT2D eigenvalue weighted by molar-refractivity contribution is -0.121. The molecule has 0 fully saturated rings. The van der Waals surface area contributed by atoms with Crippen molar-refractivity contribution in [1.29, 1.82) is 0 Å². The number of carboxylic acid groups (broad SMARTS) is 1. The summed E-state index contributed by atoms with van der Waals surface area (Å²) in [5.41, 5.74) is -0.0493. The van der Waals surface area contributed by atoms with E-state index in [1.54, 1.807) is 13.8 Å². The molecule has 21 heavy (non-hydrogen) atoms. The molecule has 116 valence electrons. The molecule has 0 saturated carbocycles. The van der Waals surface area contributed by atoms with Crippen LogP contribution < -0.4 is 10.6 Å². The highest BCUT2D eigenvalue weighted by atomic mass is 32.1. The van der Waals surface area contributed by atoms with E-state index in [1.165, 1.54) is 17.3 Å². The molecule has 0 spiro atoms. The van der Waals surface area contributed by atoms with Gasteiger partial charge in [0.2, 0.25) is 5.91 Å². The lowest BCUT2D eigenvalue weighted by atomic mass is 10.3. The minimum Gasteiger partial charge on any atom is -0.476 e. The second kappa shape index (κ2) is 7.58. The van der Waals surface area contributed by atoms with Gasteiger partial charge in [-0.15, -0.1) is 11.3 Å².